The average Bonchev–Trinajstić information content (AvgIpc) is 3.17. The minimum absolute atomic E-state index is 0.00878. The fraction of sp³-hybridized carbons (Fsp3) is 0.409. The van der Waals surface area contributed by atoms with Crippen molar-refractivity contribution in [3.05, 3.63) is 59.7 Å². The molecule has 1 fully saturated rings. The molecule has 0 spiro atoms. The summed E-state index contributed by atoms with van der Waals surface area (Å²) in [5.74, 6) is -0.00878. The maximum atomic E-state index is 13.1. The van der Waals surface area contributed by atoms with Gasteiger partial charge in [-0.2, -0.15) is 0 Å². The number of rotatable bonds is 4. The molecular weight excluding hydrogens is 386 g/mol. The molecule has 154 valence electrons. The minimum atomic E-state index is -3.28. The number of carbonyl (C=O) groups excluding carboxylic acids is 1. The van der Waals surface area contributed by atoms with Crippen molar-refractivity contribution in [1.82, 2.24) is 4.90 Å². The molecule has 2 aliphatic heterocycles. The van der Waals surface area contributed by atoms with Gasteiger partial charge in [0.2, 0.25) is 10.0 Å². The van der Waals surface area contributed by atoms with Gasteiger partial charge in [0.05, 0.1) is 11.9 Å². The van der Waals surface area contributed by atoms with Crippen LogP contribution in [0.15, 0.2) is 48.5 Å². The van der Waals surface area contributed by atoms with E-state index in [4.69, 9.17) is 0 Å². The minimum Gasteiger partial charge on any atom is -0.369 e. The summed E-state index contributed by atoms with van der Waals surface area (Å²) in [6.07, 6.45) is 3.89. The molecule has 2 aliphatic rings. The number of hydrogen-bond donors (Lipinski definition) is 0. The molecule has 2 aromatic rings. The lowest BCUT2D eigenvalue weighted by atomic mass is 10.0. The molecule has 1 atom stereocenters. The first-order valence-corrected chi connectivity index (χ1v) is 11.9. The Morgan fingerprint density at radius 1 is 1.10 bits per heavy atom. The number of piperidine rings is 1. The van der Waals surface area contributed by atoms with E-state index in [9.17, 15) is 13.2 Å². The van der Waals surface area contributed by atoms with Crippen molar-refractivity contribution >= 4 is 27.3 Å². The number of hydrogen-bond acceptors (Lipinski definition) is 4. The molecule has 2 heterocycles. The summed E-state index contributed by atoms with van der Waals surface area (Å²) in [5, 5.41) is 0. The Bertz CT molecular complexity index is 1010. The number of benzene rings is 2. The van der Waals surface area contributed by atoms with Gasteiger partial charge in [0, 0.05) is 44.0 Å². The molecular formula is C22H27N3O3S. The van der Waals surface area contributed by atoms with Crippen molar-refractivity contribution in [2.75, 3.05) is 42.1 Å². The van der Waals surface area contributed by atoms with E-state index < -0.39 is 10.0 Å². The number of carbonyl (C=O) groups is 1. The predicted octanol–water partition coefficient (Wildman–Crippen LogP) is 2.75. The van der Waals surface area contributed by atoms with Crippen molar-refractivity contribution in [3.63, 3.8) is 0 Å². The third-order valence-corrected chi connectivity index (χ3v) is 7.15. The van der Waals surface area contributed by atoms with E-state index in [0.29, 0.717) is 24.2 Å². The molecule has 0 N–H and O–H groups in total. The van der Waals surface area contributed by atoms with E-state index in [0.717, 1.165) is 31.5 Å². The Balaban J connectivity index is 1.50. The van der Waals surface area contributed by atoms with Crippen LogP contribution in [0.5, 0.6) is 0 Å². The van der Waals surface area contributed by atoms with Gasteiger partial charge in [-0.05, 0) is 55.2 Å². The molecule has 2 aromatic carbocycles. The number of sulfonamides is 1. The highest BCUT2D eigenvalue weighted by atomic mass is 32.2. The lowest BCUT2D eigenvalue weighted by Gasteiger charge is -2.39. The Labute approximate surface area is 172 Å². The number of anilines is 2. The molecule has 4 rings (SSSR count). The fourth-order valence-corrected chi connectivity index (χ4v) is 5.32. The largest absolute Gasteiger partial charge is 0.369 e. The van der Waals surface area contributed by atoms with Crippen molar-refractivity contribution < 1.29 is 13.2 Å². The van der Waals surface area contributed by atoms with Crippen LogP contribution in [0.25, 0.3) is 0 Å². The predicted molar refractivity (Wildman–Crippen MR) is 116 cm³/mol. The van der Waals surface area contributed by atoms with Crippen LogP contribution in [-0.2, 0) is 16.4 Å². The first-order chi connectivity index (χ1) is 13.8. The van der Waals surface area contributed by atoms with Gasteiger partial charge in [-0.1, -0.05) is 18.2 Å². The van der Waals surface area contributed by atoms with Crippen LogP contribution >= 0.6 is 0 Å². The summed E-state index contributed by atoms with van der Waals surface area (Å²) >= 11 is 0. The summed E-state index contributed by atoms with van der Waals surface area (Å²) in [6, 6.07) is 15.8. The Hall–Kier alpha value is -2.54. The molecule has 7 heteroatoms. The highest BCUT2D eigenvalue weighted by Crippen LogP contribution is 2.31. The second kappa shape index (κ2) is 7.71. The molecule has 1 amide bonds. The Morgan fingerprint density at radius 3 is 2.59 bits per heavy atom. The first kappa shape index (κ1) is 19.8. The van der Waals surface area contributed by atoms with Gasteiger partial charge in [0.25, 0.3) is 5.91 Å². The third kappa shape index (κ3) is 3.96. The smallest absolute Gasteiger partial charge is 0.253 e. The van der Waals surface area contributed by atoms with Gasteiger partial charge < -0.3 is 9.80 Å². The molecule has 29 heavy (non-hydrogen) atoms. The lowest BCUT2D eigenvalue weighted by Crippen LogP contribution is -2.48. The van der Waals surface area contributed by atoms with Crippen LogP contribution in [-0.4, -0.2) is 58.2 Å². The topological polar surface area (TPSA) is 60.9 Å². The normalized spacial score (nSPS) is 19.2. The zero-order chi connectivity index (χ0) is 20.6. The van der Waals surface area contributed by atoms with E-state index in [-0.39, 0.29) is 11.9 Å². The third-order valence-electron chi connectivity index (χ3n) is 5.97. The zero-order valence-electron chi connectivity index (χ0n) is 16.9. The summed E-state index contributed by atoms with van der Waals surface area (Å²) in [4.78, 5) is 17.3. The van der Waals surface area contributed by atoms with Gasteiger partial charge in [0.15, 0.2) is 0 Å². The van der Waals surface area contributed by atoms with Crippen LogP contribution in [0.1, 0.15) is 28.8 Å². The Kier molecular flexibility index (Phi) is 5.25. The monoisotopic (exact) mass is 413 g/mol. The number of amides is 1. The van der Waals surface area contributed by atoms with E-state index >= 15 is 0 Å². The highest BCUT2D eigenvalue weighted by Gasteiger charge is 2.30. The van der Waals surface area contributed by atoms with Crippen LogP contribution in [0.3, 0.4) is 0 Å². The SMILES string of the molecule is CN(C(=O)c1ccc2c(c1)CCN2S(C)(=O)=O)C1CCCN(c2ccccc2)C1. The second-order valence-corrected chi connectivity index (χ2v) is 9.83. The lowest BCUT2D eigenvalue weighted by molar-refractivity contribution is 0.0717. The summed E-state index contributed by atoms with van der Waals surface area (Å²) in [6.45, 7) is 2.26. The number of likely N-dealkylation sites (N-methyl/N-ethyl adjacent to an activating group) is 1. The van der Waals surface area contributed by atoms with E-state index in [1.54, 1.807) is 12.1 Å². The molecule has 0 radical (unpaired) electrons. The molecule has 0 saturated carbocycles. The van der Waals surface area contributed by atoms with Crippen molar-refractivity contribution in [3.8, 4) is 0 Å². The molecule has 0 aromatic heterocycles. The summed E-state index contributed by atoms with van der Waals surface area (Å²) in [7, 11) is -1.41. The fourth-order valence-electron chi connectivity index (χ4n) is 4.36. The Morgan fingerprint density at radius 2 is 1.86 bits per heavy atom. The molecule has 1 saturated heterocycles. The van der Waals surface area contributed by atoms with E-state index in [1.165, 1.54) is 16.2 Å². The van der Waals surface area contributed by atoms with Gasteiger partial charge >= 0.3 is 0 Å². The standard InChI is InChI=1S/C22H27N3O3S/c1-23(20-9-6-13-24(16-20)19-7-4-3-5-8-19)22(26)18-10-11-21-17(15-18)12-14-25(21)29(2,27)28/h3-5,7-8,10-11,15,20H,6,9,12-14,16H2,1-2H3. The van der Waals surface area contributed by atoms with Crippen molar-refractivity contribution in [2.45, 2.75) is 25.3 Å². The molecule has 1 unspecified atom stereocenters. The van der Waals surface area contributed by atoms with Crippen molar-refractivity contribution in [2.24, 2.45) is 0 Å². The molecule has 0 bridgehead atoms. The van der Waals surface area contributed by atoms with E-state index in [2.05, 4.69) is 17.0 Å². The maximum Gasteiger partial charge on any atom is 0.253 e. The number of para-hydroxylation sites is 1. The maximum absolute atomic E-state index is 13.1. The molecule has 0 aliphatic carbocycles. The van der Waals surface area contributed by atoms with Gasteiger partial charge in [-0.25, -0.2) is 8.42 Å². The first-order valence-electron chi connectivity index (χ1n) is 10.0. The number of nitrogens with zero attached hydrogens (tertiary/aromatic N) is 3. The summed E-state index contributed by atoms with van der Waals surface area (Å²) < 4.78 is 25.3. The second-order valence-electron chi connectivity index (χ2n) is 7.92. The van der Waals surface area contributed by atoms with Crippen molar-refractivity contribution in [1.29, 1.82) is 0 Å². The zero-order valence-corrected chi connectivity index (χ0v) is 17.7. The van der Waals surface area contributed by atoms with Crippen LogP contribution in [0.2, 0.25) is 0 Å². The quantitative estimate of drug-likeness (QED) is 0.773. The summed E-state index contributed by atoms with van der Waals surface area (Å²) in [5.41, 5.74) is 3.43. The van der Waals surface area contributed by atoms with Crippen LogP contribution in [0.4, 0.5) is 11.4 Å². The molecule has 6 nitrogen and oxygen atoms in total. The van der Waals surface area contributed by atoms with Gasteiger partial charge in [0.1, 0.15) is 0 Å². The van der Waals surface area contributed by atoms with Gasteiger partial charge in [-0.15, -0.1) is 0 Å². The highest BCUT2D eigenvalue weighted by molar-refractivity contribution is 7.92. The van der Waals surface area contributed by atoms with E-state index in [1.807, 2.05) is 36.2 Å². The van der Waals surface area contributed by atoms with Gasteiger partial charge in [-0.3, -0.25) is 9.10 Å². The number of fused-ring (bicyclic) bond motifs is 1. The van der Waals surface area contributed by atoms with Crippen LogP contribution < -0.4 is 9.21 Å². The average molecular weight is 414 g/mol. The van der Waals surface area contributed by atoms with Crippen LogP contribution in [0, 0.1) is 0 Å².